The molecule has 70 heavy (non-hydrogen) atoms. The number of oxime groups is 1. The number of carbonyl (C=O) groups is 2. The summed E-state index contributed by atoms with van der Waals surface area (Å²) in [4.78, 5) is 35.4. The molecule has 0 spiro atoms. The number of rotatable bonds is 31. The highest BCUT2D eigenvalue weighted by Gasteiger charge is 2.65. The van der Waals surface area contributed by atoms with E-state index in [1.165, 1.54) is 44.9 Å². The summed E-state index contributed by atoms with van der Waals surface area (Å²) in [5.41, 5.74) is 3.43. The molecule has 0 aromatic heterocycles. The number of likely N-dealkylation sites (N-methyl/N-ethyl adjacent to an activating group) is 1. The molecule has 6 rings (SSSR count). The minimum atomic E-state index is -1.46. The van der Waals surface area contributed by atoms with Crippen molar-refractivity contribution in [3.8, 4) is 11.5 Å². The van der Waals surface area contributed by atoms with Crippen LogP contribution in [-0.2, 0) is 30.4 Å². The maximum Gasteiger partial charge on any atom is 0.412 e. The molecule has 14 heteroatoms. The van der Waals surface area contributed by atoms with E-state index in [4.69, 9.17) is 38.4 Å². The topological polar surface area (TPSA) is 167 Å². The van der Waals surface area contributed by atoms with Crippen LogP contribution in [0.3, 0.4) is 0 Å². The number of nitrogens with one attached hydrogen (secondary N) is 1. The predicted octanol–water partition coefficient (Wildman–Crippen LogP) is 11.1. The SMILES string of the molecule is C=CCO[C@@]12Oc3ccc(OC(=O)NCCCCCCCCCCCC)cc3[C@H]3[C@H](CCCCO)[C@@H](CCCCO)C=C(C(=NOC4CCCCO4)C[C@@H]1N(C)C(=O)OCCOCc1ccccc1)[C@H]32. The normalized spacial score (nSPS) is 24.1. The molecular weight excluding hydrogens is 891 g/mol. The number of ether oxygens (including phenoxy) is 6. The third-order valence-electron chi connectivity index (χ3n) is 14.4. The van der Waals surface area contributed by atoms with Gasteiger partial charge in [0.05, 0.1) is 38.1 Å². The highest BCUT2D eigenvalue weighted by atomic mass is 16.8. The minimum absolute atomic E-state index is 0.00427. The van der Waals surface area contributed by atoms with Gasteiger partial charge in [0.15, 0.2) is 0 Å². The molecule has 2 heterocycles. The molecule has 1 unspecified atom stereocenters. The van der Waals surface area contributed by atoms with Crippen LogP contribution in [0, 0.1) is 17.8 Å². The summed E-state index contributed by atoms with van der Waals surface area (Å²) in [6.45, 7) is 8.28. The molecule has 2 fully saturated rings. The molecular formula is C56H83N3O11. The third kappa shape index (κ3) is 15.5. The van der Waals surface area contributed by atoms with Crippen LogP contribution in [0.15, 0.2) is 78.0 Å². The lowest BCUT2D eigenvalue weighted by molar-refractivity contribution is -0.254. The first-order chi connectivity index (χ1) is 34.3. The molecule has 4 aliphatic rings. The summed E-state index contributed by atoms with van der Waals surface area (Å²) >= 11 is 0. The van der Waals surface area contributed by atoms with Gasteiger partial charge in [0.2, 0.25) is 12.1 Å². The molecule has 2 aromatic carbocycles. The van der Waals surface area contributed by atoms with Crippen LogP contribution < -0.4 is 14.8 Å². The van der Waals surface area contributed by atoms with Gasteiger partial charge in [-0.3, -0.25) is 0 Å². The Labute approximate surface area is 417 Å². The zero-order valence-corrected chi connectivity index (χ0v) is 42.2. The van der Waals surface area contributed by atoms with Gasteiger partial charge in [0.25, 0.3) is 0 Å². The molecule has 2 aliphatic heterocycles. The van der Waals surface area contributed by atoms with E-state index in [1.807, 2.05) is 42.5 Å². The van der Waals surface area contributed by atoms with Gasteiger partial charge in [0, 0.05) is 51.1 Å². The van der Waals surface area contributed by atoms with Gasteiger partial charge in [-0.15, -0.1) is 6.58 Å². The van der Waals surface area contributed by atoms with Crippen molar-refractivity contribution in [3.05, 3.63) is 84.0 Å². The maximum absolute atomic E-state index is 14.3. The van der Waals surface area contributed by atoms with Crippen molar-refractivity contribution in [2.24, 2.45) is 22.9 Å². The summed E-state index contributed by atoms with van der Waals surface area (Å²) in [6, 6.07) is 14.6. The van der Waals surface area contributed by atoms with E-state index in [0.717, 1.165) is 74.5 Å². The second-order valence-electron chi connectivity index (χ2n) is 19.4. The van der Waals surface area contributed by atoms with Crippen molar-refractivity contribution >= 4 is 17.9 Å². The monoisotopic (exact) mass is 974 g/mol. The Kier molecular flexibility index (Phi) is 23.3. The first-order valence-electron chi connectivity index (χ1n) is 26.7. The van der Waals surface area contributed by atoms with Crippen LogP contribution in [0.5, 0.6) is 11.5 Å². The first kappa shape index (κ1) is 54.9. The second-order valence-corrected chi connectivity index (χ2v) is 19.4. The lowest BCUT2D eigenvalue weighted by Crippen LogP contribution is -2.69. The molecule has 388 valence electrons. The van der Waals surface area contributed by atoms with Crippen LogP contribution in [-0.4, -0.2) is 104 Å². The van der Waals surface area contributed by atoms with Crippen molar-refractivity contribution in [3.63, 3.8) is 0 Å². The minimum Gasteiger partial charge on any atom is -0.459 e. The molecule has 0 bridgehead atoms. The number of hydrogen-bond donors (Lipinski definition) is 3. The average molecular weight is 974 g/mol. The number of carbonyl (C=O) groups excluding carboxylic acids is 2. The van der Waals surface area contributed by atoms with E-state index in [9.17, 15) is 19.8 Å². The van der Waals surface area contributed by atoms with Crippen LogP contribution in [0.2, 0.25) is 0 Å². The molecule has 14 nitrogen and oxygen atoms in total. The molecule has 3 N–H and O–H groups in total. The maximum atomic E-state index is 14.3. The highest BCUT2D eigenvalue weighted by molar-refractivity contribution is 6.03. The van der Waals surface area contributed by atoms with Gasteiger partial charge in [-0.2, -0.15) is 0 Å². The lowest BCUT2D eigenvalue weighted by Gasteiger charge is -2.59. The zero-order chi connectivity index (χ0) is 49.4. The lowest BCUT2D eigenvalue weighted by atomic mass is 9.55. The smallest absolute Gasteiger partial charge is 0.412 e. The number of amides is 2. The van der Waals surface area contributed by atoms with E-state index in [2.05, 4.69) is 24.9 Å². The van der Waals surface area contributed by atoms with Gasteiger partial charge in [-0.1, -0.05) is 125 Å². The number of nitrogens with zero attached hydrogens (tertiary/aromatic N) is 2. The summed E-state index contributed by atoms with van der Waals surface area (Å²) in [7, 11) is 1.70. The van der Waals surface area contributed by atoms with E-state index in [0.29, 0.717) is 56.2 Å². The third-order valence-corrected chi connectivity index (χ3v) is 14.4. The summed E-state index contributed by atoms with van der Waals surface area (Å²) in [6.07, 6.45) is 21.7. The van der Waals surface area contributed by atoms with Gasteiger partial charge >= 0.3 is 12.2 Å². The Balaban J connectivity index is 1.31. The van der Waals surface area contributed by atoms with E-state index in [1.54, 1.807) is 24.1 Å². The summed E-state index contributed by atoms with van der Waals surface area (Å²) < 4.78 is 38.0. The molecule has 1 saturated carbocycles. The van der Waals surface area contributed by atoms with E-state index >= 15 is 0 Å². The van der Waals surface area contributed by atoms with Gasteiger partial charge in [0.1, 0.15) is 24.1 Å². The fourth-order valence-corrected chi connectivity index (χ4v) is 10.8. The Bertz CT molecular complexity index is 1940. The fourth-order valence-electron chi connectivity index (χ4n) is 10.8. The van der Waals surface area contributed by atoms with Crippen molar-refractivity contribution in [1.82, 2.24) is 10.2 Å². The van der Waals surface area contributed by atoms with Crippen molar-refractivity contribution in [2.45, 2.75) is 166 Å². The van der Waals surface area contributed by atoms with Crippen LogP contribution >= 0.6 is 0 Å². The predicted molar refractivity (Wildman–Crippen MR) is 271 cm³/mol. The first-order valence-corrected chi connectivity index (χ1v) is 26.7. The van der Waals surface area contributed by atoms with Crippen LogP contribution in [0.1, 0.15) is 152 Å². The Morgan fingerprint density at radius 3 is 2.37 bits per heavy atom. The zero-order valence-electron chi connectivity index (χ0n) is 42.2. The van der Waals surface area contributed by atoms with Crippen LogP contribution in [0.4, 0.5) is 9.59 Å². The van der Waals surface area contributed by atoms with Gasteiger partial charge in [-0.25, -0.2) is 9.59 Å². The molecule has 7 atom stereocenters. The van der Waals surface area contributed by atoms with E-state index < -0.39 is 36.2 Å². The standard InChI is InChI=1S/C56H83N3O11/c1-4-6-7-8-9-10-11-12-13-20-31-57-54(62)68-44-29-30-49-47(39-44)52-45(27-18-22-33-61)43(26-17-21-32-60)38-46-48(58-70-51-28-19-23-35-65-51)40-50(56(69-49,53(46)52)67-34-5-2)59(3)55(63)66-37-36-64-41-42-24-15-14-16-25-42/h5,14-16,24-25,29-30,38-39,43,45,50-53,60-61H,2,4,6-13,17-23,26-28,31-37,40-41H2,1,3H3,(H,57,62)/t43-,45+,50-,51?,52+,53+,56+/m0/s1. The number of allylic oxidation sites excluding steroid dienone is 1. The molecule has 1 saturated heterocycles. The average Bonchev–Trinajstić information content (AvgIpc) is 3.38. The fraction of sp³-hybridized carbons (Fsp3) is 0.661. The van der Waals surface area contributed by atoms with E-state index in [-0.39, 0.29) is 57.2 Å². The molecule has 2 amide bonds. The summed E-state index contributed by atoms with van der Waals surface area (Å²) in [5, 5.41) is 27.8. The van der Waals surface area contributed by atoms with Crippen molar-refractivity contribution in [2.75, 3.05) is 53.2 Å². The number of unbranched alkanes of at least 4 members (excludes halogenated alkanes) is 11. The van der Waals surface area contributed by atoms with Gasteiger partial charge in [-0.05, 0) is 86.1 Å². The number of benzene rings is 2. The Morgan fingerprint density at radius 1 is 0.914 bits per heavy atom. The molecule has 2 aliphatic carbocycles. The number of aliphatic hydroxyl groups excluding tert-OH is 2. The van der Waals surface area contributed by atoms with Crippen molar-refractivity contribution < 1.29 is 53.1 Å². The van der Waals surface area contributed by atoms with Crippen molar-refractivity contribution in [1.29, 1.82) is 0 Å². The van der Waals surface area contributed by atoms with Crippen LogP contribution in [0.25, 0.3) is 0 Å². The van der Waals surface area contributed by atoms with Gasteiger partial charge < -0.3 is 53.7 Å². The Morgan fingerprint density at radius 2 is 1.66 bits per heavy atom. The highest BCUT2D eigenvalue weighted by Crippen LogP contribution is 2.62. The molecule has 2 aromatic rings. The largest absolute Gasteiger partial charge is 0.459 e. The number of hydrogen-bond acceptors (Lipinski definition) is 12. The summed E-state index contributed by atoms with van der Waals surface area (Å²) in [5.74, 6) is -1.32. The Hall–Kier alpha value is -4.47. The number of fused-ring (bicyclic) bond motifs is 2. The number of aliphatic hydroxyl groups is 2. The quantitative estimate of drug-likeness (QED) is 0.0374. The molecule has 0 radical (unpaired) electrons. The second kappa shape index (κ2) is 29.8.